The summed E-state index contributed by atoms with van der Waals surface area (Å²) in [6, 6.07) is 2.14. The maximum absolute atomic E-state index is 9.97. The number of hydrogen-bond acceptors (Lipinski definition) is 3. The lowest BCUT2D eigenvalue weighted by Gasteiger charge is -2.47. The Morgan fingerprint density at radius 2 is 2.15 bits per heavy atom. The van der Waals surface area contributed by atoms with E-state index in [1.54, 1.807) is 0 Å². The first-order valence-corrected chi connectivity index (χ1v) is 5.06. The minimum absolute atomic E-state index is 0.355. The van der Waals surface area contributed by atoms with Gasteiger partial charge in [-0.15, -0.1) is 0 Å². The van der Waals surface area contributed by atoms with E-state index in [1.165, 1.54) is 12.8 Å². The van der Waals surface area contributed by atoms with Gasteiger partial charge in [0.15, 0.2) is 0 Å². The third-order valence-corrected chi connectivity index (χ3v) is 3.10. The van der Waals surface area contributed by atoms with Crippen LogP contribution in [0.5, 0.6) is 0 Å². The van der Waals surface area contributed by atoms with Gasteiger partial charge in [-0.25, -0.2) is 0 Å². The van der Waals surface area contributed by atoms with Gasteiger partial charge in [-0.3, -0.25) is 4.90 Å². The second-order valence-corrected chi connectivity index (χ2v) is 4.35. The lowest BCUT2D eigenvalue weighted by molar-refractivity contribution is -0.112. The molecular formula is C10H16N2O. The second-order valence-electron chi connectivity index (χ2n) is 4.35. The summed E-state index contributed by atoms with van der Waals surface area (Å²) in [5.74, 6) is 0.583. The van der Waals surface area contributed by atoms with Crippen LogP contribution in [0.1, 0.15) is 25.7 Å². The molecule has 2 rings (SSSR count). The molecule has 1 heterocycles. The average Bonchev–Trinajstić information content (AvgIpc) is 2.83. The molecule has 72 valence electrons. The van der Waals surface area contributed by atoms with Crippen molar-refractivity contribution in [3.8, 4) is 6.07 Å². The summed E-state index contributed by atoms with van der Waals surface area (Å²) in [7, 11) is 0. The first-order valence-electron chi connectivity index (χ1n) is 5.06. The fourth-order valence-electron chi connectivity index (χ4n) is 2.15. The van der Waals surface area contributed by atoms with Crippen LogP contribution in [0.3, 0.4) is 0 Å². The Balaban J connectivity index is 1.64. The molecule has 0 amide bonds. The zero-order chi connectivity index (χ0) is 9.31. The molecule has 1 N–H and O–H groups in total. The molecule has 3 heteroatoms. The number of rotatable bonds is 4. The van der Waals surface area contributed by atoms with Gasteiger partial charge in [0.2, 0.25) is 0 Å². The highest BCUT2D eigenvalue weighted by Crippen LogP contribution is 2.44. The molecule has 0 bridgehead atoms. The molecule has 1 saturated carbocycles. The van der Waals surface area contributed by atoms with Gasteiger partial charge in [-0.05, 0) is 31.7 Å². The lowest BCUT2D eigenvalue weighted by Crippen LogP contribution is -2.63. The molecule has 2 aliphatic rings. The van der Waals surface area contributed by atoms with Crippen molar-refractivity contribution in [1.82, 2.24) is 4.90 Å². The number of unbranched alkanes of at least 4 members (excludes halogenated alkanes) is 1. The van der Waals surface area contributed by atoms with Crippen molar-refractivity contribution in [2.24, 2.45) is 5.92 Å². The molecule has 1 saturated heterocycles. The Labute approximate surface area is 79.0 Å². The zero-order valence-corrected chi connectivity index (χ0v) is 7.87. The van der Waals surface area contributed by atoms with Gasteiger partial charge < -0.3 is 5.11 Å². The summed E-state index contributed by atoms with van der Waals surface area (Å²) in [6.07, 6.45) is 4.00. The van der Waals surface area contributed by atoms with Gasteiger partial charge in [-0.1, -0.05) is 0 Å². The van der Waals surface area contributed by atoms with Crippen molar-refractivity contribution in [2.75, 3.05) is 19.6 Å². The van der Waals surface area contributed by atoms with E-state index in [0.29, 0.717) is 12.3 Å². The van der Waals surface area contributed by atoms with Gasteiger partial charge in [0.05, 0.1) is 11.7 Å². The summed E-state index contributed by atoms with van der Waals surface area (Å²) < 4.78 is 0. The van der Waals surface area contributed by atoms with Gasteiger partial charge >= 0.3 is 0 Å². The van der Waals surface area contributed by atoms with E-state index in [0.717, 1.165) is 26.1 Å². The quantitative estimate of drug-likeness (QED) is 0.649. The minimum Gasteiger partial charge on any atom is -0.387 e. The van der Waals surface area contributed by atoms with Gasteiger partial charge in [0, 0.05) is 19.5 Å². The molecule has 2 fully saturated rings. The highest BCUT2D eigenvalue weighted by Gasteiger charge is 2.51. The van der Waals surface area contributed by atoms with Gasteiger partial charge in [0.25, 0.3) is 0 Å². The Hall–Kier alpha value is -0.590. The maximum atomic E-state index is 9.97. The summed E-state index contributed by atoms with van der Waals surface area (Å²) in [5, 5.41) is 18.3. The first-order chi connectivity index (χ1) is 6.24. The number of likely N-dealkylation sites (tertiary alicyclic amines) is 1. The molecule has 0 aromatic rings. The summed E-state index contributed by atoms with van der Waals surface area (Å²) >= 11 is 0. The van der Waals surface area contributed by atoms with Crippen LogP contribution in [-0.4, -0.2) is 35.2 Å². The molecule has 1 aliphatic carbocycles. The van der Waals surface area contributed by atoms with Crippen molar-refractivity contribution >= 4 is 0 Å². The van der Waals surface area contributed by atoms with Crippen LogP contribution >= 0.6 is 0 Å². The first kappa shape index (κ1) is 8.98. The van der Waals surface area contributed by atoms with E-state index in [-0.39, 0.29) is 5.60 Å². The van der Waals surface area contributed by atoms with Crippen LogP contribution in [0.25, 0.3) is 0 Å². The standard InChI is InChI=1S/C10H16N2O/c11-5-1-2-6-12-7-10(13,8-12)9-3-4-9/h9,13H,1-4,6-8H2. The number of nitrogens with zero attached hydrogens (tertiary/aromatic N) is 2. The molecule has 0 spiro atoms. The van der Waals surface area contributed by atoms with E-state index in [2.05, 4.69) is 11.0 Å². The normalized spacial score (nSPS) is 26.5. The minimum atomic E-state index is -0.355. The maximum Gasteiger partial charge on any atom is 0.0928 e. The van der Waals surface area contributed by atoms with Crippen molar-refractivity contribution in [2.45, 2.75) is 31.3 Å². The topological polar surface area (TPSA) is 47.3 Å². The van der Waals surface area contributed by atoms with Crippen LogP contribution in [-0.2, 0) is 0 Å². The smallest absolute Gasteiger partial charge is 0.0928 e. The van der Waals surface area contributed by atoms with Gasteiger partial charge in [-0.2, -0.15) is 5.26 Å². The summed E-state index contributed by atoms with van der Waals surface area (Å²) in [6.45, 7) is 2.65. The predicted octanol–water partition coefficient (Wildman–Crippen LogP) is 0.747. The zero-order valence-electron chi connectivity index (χ0n) is 7.87. The number of hydrogen-bond donors (Lipinski definition) is 1. The van der Waals surface area contributed by atoms with E-state index in [4.69, 9.17) is 5.26 Å². The Bertz CT molecular complexity index is 224. The molecule has 0 radical (unpaired) electrons. The molecule has 3 nitrogen and oxygen atoms in total. The molecule has 1 aliphatic heterocycles. The third kappa shape index (κ3) is 1.84. The Kier molecular flexibility index (Phi) is 2.27. The summed E-state index contributed by atoms with van der Waals surface area (Å²) in [4.78, 5) is 2.25. The lowest BCUT2D eigenvalue weighted by atomic mass is 9.88. The van der Waals surface area contributed by atoms with Crippen LogP contribution in [0.4, 0.5) is 0 Å². The summed E-state index contributed by atoms with van der Waals surface area (Å²) in [5.41, 5.74) is -0.355. The van der Waals surface area contributed by atoms with E-state index in [9.17, 15) is 5.11 Å². The number of nitriles is 1. The van der Waals surface area contributed by atoms with E-state index >= 15 is 0 Å². The van der Waals surface area contributed by atoms with Crippen LogP contribution < -0.4 is 0 Å². The molecular weight excluding hydrogens is 164 g/mol. The molecule has 0 aromatic heterocycles. The monoisotopic (exact) mass is 180 g/mol. The highest BCUT2D eigenvalue weighted by atomic mass is 16.3. The van der Waals surface area contributed by atoms with E-state index < -0.39 is 0 Å². The van der Waals surface area contributed by atoms with Crippen molar-refractivity contribution in [1.29, 1.82) is 5.26 Å². The van der Waals surface area contributed by atoms with Crippen LogP contribution in [0.15, 0.2) is 0 Å². The molecule has 13 heavy (non-hydrogen) atoms. The van der Waals surface area contributed by atoms with Crippen LogP contribution in [0.2, 0.25) is 0 Å². The van der Waals surface area contributed by atoms with E-state index in [1.807, 2.05) is 0 Å². The van der Waals surface area contributed by atoms with Crippen molar-refractivity contribution in [3.63, 3.8) is 0 Å². The fraction of sp³-hybridized carbons (Fsp3) is 0.900. The SMILES string of the molecule is N#CCCCN1CC(O)(C2CC2)C1. The van der Waals surface area contributed by atoms with Crippen LogP contribution in [0, 0.1) is 17.2 Å². The van der Waals surface area contributed by atoms with Crippen molar-refractivity contribution in [3.05, 3.63) is 0 Å². The number of aliphatic hydroxyl groups is 1. The largest absolute Gasteiger partial charge is 0.387 e. The predicted molar refractivity (Wildman–Crippen MR) is 49.0 cm³/mol. The third-order valence-electron chi connectivity index (χ3n) is 3.10. The fourth-order valence-corrected chi connectivity index (χ4v) is 2.15. The second kappa shape index (κ2) is 3.28. The Morgan fingerprint density at radius 3 is 2.69 bits per heavy atom. The molecule has 0 unspecified atom stereocenters. The molecule has 0 aromatic carbocycles. The van der Waals surface area contributed by atoms with Gasteiger partial charge in [0.1, 0.15) is 0 Å². The molecule has 0 atom stereocenters. The average molecular weight is 180 g/mol. The Morgan fingerprint density at radius 1 is 1.46 bits per heavy atom. The van der Waals surface area contributed by atoms with Crippen molar-refractivity contribution < 1.29 is 5.11 Å². The number of β-amino-alcohol motifs (C(OH)–C–C–N with tert-alkyl or cyclic N) is 1. The highest BCUT2D eigenvalue weighted by molar-refractivity contribution is 5.05.